The van der Waals surface area contributed by atoms with Crippen LogP contribution in [0.1, 0.15) is 38.9 Å². The van der Waals surface area contributed by atoms with Crippen molar-refractivity contribution in [2.45, 2.75) is 39.4 Å². The molecule has 0 aliphatic carbocycles. The van der Waals surface area contributed by atoms with Gasteiger partial charge in [0.15, 0.2) is 0 Å². The molecule has 0 saturated heterocycles. The van der Waals surface area contributed by atoms with E-state index in [9.17, 15) is 4.39 Å². The Labute approximate surface area is 111 Å². The monoisotopic (exact) mass is 302 g/mol. The Kier molecular flexibility index (Phi) is 6.14. The van der Waals surface area contributed by atoms with Gasteiger partial charge < -0.3 is 4.74 Å². The van der Waals surface area contributed by atoms with Crippen molar-refractivity contribution in [2.75, 3.05) is 5.33 Å². The minimum atomic E-state index is -0.211. The number of halogens is 2. The highest BCUT2D eigenvalue weighted by atomic mass is 79.9. The van der Waals surface area contributed by atoms with Gasteiger partial charge in [0.1, 0.15) is 5.82 Å². The molecule has 0 aromatic heterocycles. The lowest BCUT2D eigenvalue weighted by Crippen LogP contribution is -2.16. The summed E-state index contributed by atoms with van der Waals surface area (Å²) in [7, 11) is 0. The number of rotatable bonds is 6. The van der Waals surface area contributed by atoms with Crippen molar-refractivity contribution in [3.63, 3.8) is 0 Å². The van der Waals surface area contributed by atoms with E-state index in [-0.39, 0.29) is 18.0 Å². The standard InChI is InChI=1S/C14H20BrFO/c1-10(2)8-11(3)17-14(9-15)12-4-6-13(16)7-5-12/h4-7,10-11,14H,8-9H2,1-3H3. The summed E-state index contributed by atoms with van der Waals surface area (Å²) in [5.41, 5.74) is 1.01. The average Bonchev–Trinajstić information content (AvgIpc) is 2.26. The van der Waals surface area contributed by atoms with Crippen molar-refractivity contribution in [1.29, 1.82) is 0 Å². The molecule has 1 rings (SSSR count). The third kappa shape index (κ3) is 5.17. The van der Waals surface area contributed by atoms with Gasteiger partial charge in [-0.05, 0) is 37.0 Å². The summed E-state index contributed by atoms with van der Waals surface area (Å²) in [6.45, 7) is 6.45. The van der Waals surface area contributed by atoms with Crippen molar-refractivity contribution in [1.82, 2.24) is 0 Å². The molecule has 1 nitrogen and oxygen atoms in total. The van der Waals surface area contributed by atoms with E-state index in [0.717, 1.165) is 17.3 Å². The van der Waals surface area contributed by atoms with E-state index in [1.807, 2.05) is 0 Å². The number of benzene rings is 1. The molecule has 0 spiro atoms. The summed E-state index contributed by atoms with van der Waals surface area (Å²) in [5.74, 6) is 0.409. The topological polar surface area (TPSA) is 9.23 Å². The van der Waals surface area contributed by atoms with E-state index in [1.165, 1.54) is 12.1 Å². The molecule has 0 aliphatic heterocycles. The van der Waals surface area contributed by atoms with Gasteiger partial charge in [-0.25, -0.2) is 4.39 Å². The van der Waals surface area contributed by atoms with Gasteiger partial charge in [-0.2, -0.15) is 0 Å². The molecule has 0 radical (unpaired) electrons. The summed E-state index contributed by atoms with van der Waals surface area (Å²) in [5, 5.41) is 0.723. The lowest BCUT2D eigenvalue weighted by molar-refractivity contribution is -0.0000328. The lowest BCUT2D eigenvalue weighted by Gasteiger charge is -2.22. The van der Waals surface area contributed by atoms with Crippen LogP contribution in [0.5, 0.6) is 0 Å². The van der Waals surface area contributed by atoms with E-state index in [2.05, 4.69) is 36.7 Å². The second-order valence-corrected chi connectivity index (χ2v) is 5.42. The zero-order valence-electron chi connectivity index (χ0n) is 10.6. The smallest absolute Gasteiger partial charge is 0.123 e. The van der Waals surface area contributed by atoms with Gasteiger partial charge in [0.25, 0.3) is 0 Å². The molecular weight excluding hydrogens is 283 g/mol. The third-order valence-electron chi connectivity index (χ3n) is 2.58. The van der Waals surface area contributed by atoms with Gasteiger partial charge in [0, 0.05) is 5.33 Å². The van der Waals surface area contributed by atoms with Gasteiger partial charge in [0.2, 0.25) is 0 Å². The number of alkyl halides is 1. The number of ether oxygens (including phenoxy) is 1. The molecule has 1 aromatic rings. The van der Waals surface area contributed by atoms with Crippen LogP contribution >= 0.6 is 15.9 Å². The molecule has 0 heterocycles. The zero-order chi connectivity index (χ0) is 12.8. The summed E-state index contributed by atoms with van der Waals surface area (Å²) < 4.78 is 18.8. The summed E-state index contributed by atoms with van der Waals surface area (Å²) in [4.78, 5) is 0. The number of hydrogen-bond donors (Lipinski definition) is 0. The molecule has 0 saturated carbocycles. The van der Waals surface area contributed by atoms with E-state index in [1.54, 1.807) is 12.1 Å². The Morgan fingerprint density at radius 3 is 2.24 bits per heavy atom. The lowest BCUT2D eigenvalue weighted by atomic mass is 10.1. The van der Waals surface area contributed by atoms with Gasteiger partial charge in [-0.3, -0.25) is 0 Å². The highest BCUT2D eigenvalue weighted by molar-refractivity contribution is 9.09. The fourth-order valence-electron chi connectivity index (χ4n) is 1.88. The van der Waals surface area contributed by atoms with E-state index in [4.69, 9.17) is 4.74 Å². The van der Waals surface area contributed by atoms with Gasteiger partial charge in [0.05, 0.1) is 12.2 Å². The first-order valence-electron chi connectivity index (χ1n) is 5.99. The Bertz CT molecular complexity index is 323. The molecule has 17 heavy (non-hydrogen) atoms. The fourth-order valence-corrected chi connectivity index (χ4v) is 2.41. The Morgan fingerprint density at radius 2 is 1.76 bits per heavy atom. The van der Waals surface area contributed by atoms with Crippen LogP contribution in [0.2, 0.25) is 0 Å². The molecule has 0 amide bonds. The minimum Gasteiger partial charge on any atom is -0.370 e. The van der Waals surface area contributed by atoms with Crippen LogP contribution in [0.15, 0.2) is 24.3 Å². The van der Waals surface area contributed by atoms with Crippen molar-refractivity contribution < 1.29 is 9.13 Å². The maximum atomic E-state index is 12.8. The maximum absolute atomic E-state index is 12.8. The predicted molar refractivity (Wildman–Crippen MR) is 72.9 cm³/mol. The molecule has 3 heteroatoms. The molecule has 2 atom stereocenters. The van der Waals surface area contributed by atoms with Crippen molar-refractivity contribution in [3.05, 3.63) is 35.6 Å². The van der Waals surface area contributed by atoms with Crippen LogP contribution in [-0.2, 0) is 4.74 Å². The molecule has 0 fully saturated rings. The first-order valence-corrected chi connectivity index (χ1v) is 7.12. The van der Waals surface area contributed by atoms with Crippen molar-refractivity contribution in [2.24, 2.45) is 5.92 Å². The Balaban J connectivity index is 2.62. The Hall–Kier alpha value is -0.410. The normalized spacial score (nSPS) is 14.9. The average molecular weight is 303 g/mol. The highest BCUT2D eigenvalue weighted by Gasteiger charge is 2.15. The third-order valence-corrected chi connectivity index (χ3v) is 3.17. The molecule has 1 aromatic carbocycles. The first-order chi connectivity index (χ1) is 8.02. The van der Waals surface area contributed by atoms with E-state index < -0.39 is 0 Å². The molecule has 0 N–H and O–H groups in total. The van der Waals surface area contributed by atoms with E-state index >= 15 is 0 Å². The van der Waals surface area contributed by atoms with Crippen LogP contribution in [0, 0.1) is 11.7 Å². The second kappa shape index (κ2) is 7.12. The quantitative estimate of drug-likeness (QED) is 0.691. The molecule has 96 valence electrons. The van der Waals surface area contributed by atoms with Gasteiger partial charge in [-0.15, -0.1) is 0 Å². The summed E-state index contributed by atoms with van der Waals surface area (Å²) in [6, 6.07) is 6.51. The fraction of sp³-hybridized carbons (Fsp3) is 0.571. The second-order valence-electron chi connectivity index (χ2n) is 4.77. The largest absolute Gasteiger partial charge is 0.370 e. The number of hydrogen-bond acceptors (Lipinski definition) is 1. The zero-order valence-corrected chi connectivity index (χ0v) is 12.2. The van der Waals surface area contributed by atoms with Crippen LogP contribution in [0.4, 0.5) is 4.39 Å². The van der Waals surface area contributed by atoms with E-state index in [0.29, 0.717) is 5.92 Å². The first kappa shape index (κ1) is 14.7. The minimum absolute atomic E-state index is 0.00986. The van der Waals surface area contributed by atoms with Crippen molar-refractivity contribution >= 4 is 15.9 Å². The molecule has 2 unspecified atom stereocenters. The molecule has 0 bridgehead atoms. The molecule has 0 aliphatic rings. The Morgan fingerprint density at radius 1 is 1.18 bits per heavy atom. The maximum Gasteiger partial charge on any atom is 0.123 e. The highest BCUT2D eigenvalue weighted by Crippen LogP contribution is 2.23. The van der Waals surface area contributed by atoms with Crippen LogP contribution in [0.3, 0.4) is 0 Å². The van der Waals surface area contributed by atoms with Crippen LogP contribution in [-0.4, -0.2) is 11.4 Å². The predicted octanol–water partition coefficient (Wildman–Crippen LogP) is 4.71. The molecular formula is C14H20BrFO. The van der Waals surface area contributed by atoms with Gasteiger partial charge >= 0.3 is 0 Å². The van der Waals surface area contributed by atoms with Crippen LogP contribution < -0.4 is 0 Å². The van der Waals surface area contributed by atoms with Crippen molar-refractivity contribution in [3.8, 4) is 0 Å². The summed E-state index contributed by atoms with van der Waals surface area (Å²) in [6.07, 6.45) is 1.23. The SMILES string of the molecule is CC(C)CC(C)OC(CBr)c1ccc(F)cc1. The van der Waals surface area contributed by atoms with Crippen LogP contribution in [0.25, 0.3) is 0 Å². The van der Waals surface area contributed by atoms with Gasteiger partial charge in [-0.1, -0.05) is 41.9 Å². The summed E-state index contributed by atoms with van der Waals surface area (Å²) >= 11 is 3.45.